The largest absolute Gasteiger partial charge is 0.757 e. The molecule has 1 aromatic carbocycles. The number of azo groups is 1. The number of hydrogen-bond donors (Lipinski definition) is 0. The first-order valence-electron chi connectivity index (χ1n) is 6.59. The third kappa shape index (κ3) is 2.27. The van der Waals surface area contributed by atoms with Crippen LogP contribution in [-0.4, -0.2) is 30.0 Å². The van der Waals surface area contributed by atoms with Gasteiger partial charge >= 0.3 is 0 Å². The van der Waals surface area contributed by atoms with Crippen LogP contribution in [0.25, 0.3) is 0 Å². The third-order valence-corrected chi connectivity index (χ3v) is 3.06. The first kappa shape index (κ1) is 12.7. The number of ether oxygens (including phenoxy) is 1. The van der Waals surface area contributed by atoms with Crippen LogP contribution in [0.1, 0.15) is 13.3 Å². The van der Waals surface area contributed by atoms with Crippen molar-refractivity contribution in [2.45, 2.75) is 13.3 Å². The van der Waals surface area contributed by atoms with E-state index in [1.807, 2.05) is 34.3 Å². The van der Waals surface area contributed by atoms with Crippen LogP contribution in [0.15, 0.2) is 46.5 Å². The van der Waals surface area contributed by atoms with Gasteiger partial charge in [0.1, 0.15) is 18.1 Å². The van der Waals surface area contributed by atoms with Gasteiger partial charge in [0, 0.05) is 6.20 Å². The fraction of sp³-hybridized carbons (Fsp3) is 0.385. The van der Waals surface area contributed by atoms with Crippen LogP contribution in [0.4, 0.5) is 5.69 Å². The Morgan fingerprint density at radius 1 is 1.30 bits per heavy atom. The molecule has 0 N–H and O–H groups in total. The summed E-state index contributed by atoms with van der Waals surface area (Å²) in [5, 5.41) is 24.2. The first-order valence-corrected chi connectivity index (χ1v) is 6.59. The maximum Gasteiger partial charge on any atom is 0.186 e. The summed E-state index contributed by atoms with van der Waals surface area (Å²) in [4.78, 5) is 0. The Balaban J connectivity index is 1.91. The van der Waals surface area contributed by atoms with E-state index in [0.29, 0.717) is 19.1 Å². The van der Waals surface area contributed by atoms with Gasteiger partial charge in [-0.05, 0) is 18.6 Å². The van der Waals surface area contributed by atoms with Crippen molar-refractivity contribution >= 4 is 5.69 Å². The fourth-order valence-electron chi connectivity index (χ4n) is 2.17. The summed E-state index contributed by atoms with van der Waals surface area (Å²) < 4.78 is 5.75. The molecule has 2 aliphatic rings. The zero-order valence-electron chi connectivity index (χ0n) is 11.3. The van der Waals surface area contributed by atoms with E-state index in [1.165, 1.54) is 6.20 Å². The molecule has 2 heterocycles. The van der Waals surface area contributed by atoms with Gasteiger partial charge < -0.3 is 15.0 Å². The van der Waals surface area contributed by atoms with Crippen LogP contribution in [0.2, 0.25) is 0 Å². The highest BCUT2D eigenvalue weighted by Gasteiger charge is 2.28. The lowest BCUT2D eigenvalue weighted by Crippen LogP contribution is -2.48. The molecule has 0 saturated heterocycles. The normalized spacial score (nSPS) is 17.3. The molecule has 0 fully saturated rings. The summed E-state index contributed by atoms with van der Waals surface area (Å²) in [6.45, 7) is 3.31. The highest BCUT2D eigenvalue weighted by molar-refractivity contribution is 5.58. The van der Waals surface area contributed by atoms with Crippen molar-refractivity contribution in [2.24, 2.45) is 10.2 Å². The molecule has 0 unspecified atom stereocenters. The lowest BCUT2D eigenvalue weighted by atomic mass is 10.3. The predicted octanol–water partition coefficient (Wildman–Crippen LogP) is 2.49. The summed E-state index contributed by atoms with van der Waals surface area (Å²) in [7, 11) is 0. The van der Waals surface area contributed by atoms with Crippen molar-refractivity contribution in [3.8, 4) is 5.75 Å². The van der Waals surface area contributed by atoms with E-state index in [4.69, 9.17) is 4.74 Å². The highest BCUT2D eigenvalue weighted by Crippen LogP contribution is 2.34. The zero-order chi connectivity index (χ0) is 13.9. The van der Waals surface area contributed by atoms with Crippen molar-refractivity contribution in [1.29, 1.82) is 0 Å². The van der Waals surface area contributed by atoms with E-state index in [9.17, 15) is 5.21 Å². The second kappa shape index (κ2) is 5.38. The molecule has 0 atom stereocenters. The Bertz CT molecular complexity index is 545. The van der Waals surface area contributed by atoms with Gasteiger partial charge in [0.15, 0.2) is 12.5 Å². The molecule has 0 bridgehead atoms. The quantitative estimate of drug-likeness (QED) is 0.843. The van der Waals surface area contributed by atoms with Gasteiger partial charge in [-0.1, -0.05) is 19.1 Å². The smallest absolute Gasteiger partial charge is 0.186 e. The average molecular weight is 274 g/mol. The van der Waals surface area contributed by atoms with Gasteiger partial charge in [0.05, 0.1) is 6.61 Å². The Hall–Kier alpha value is -2.28. The topological polar surface area (TPSA) is 66.7 Å². The van der Waals surface area contributed by atoms with Gasteiger partial charge in [0.2, 0.25) is 0 Å². The maximum atomic E-state index is 11.7. The highest BCUT2D eigenvalue weighted by atomic mass is 16.5. The fourth-order valence-corrected chi connectivity index (χ4v) is 2.17. The molecule has 0 radical (unpaired) electrons. The van der Waals surface area contributed by atoms with E-state index < -0.39 is 0 Å². The molecule has 0 spiro atoms. The van der Waals surface area contributed by atoms with Gasteiger partial charge in [-0.3, -0.25) is 5.01 Å². The van der Waals surface area contributed by atoms with Crippen molar-refractivity contribution < 1.29 is 4.74 Å². The van der Waals surface area contributed by atoms with Gasteiger partial charge in [-0.15, -0.1) is 5.11 Å². The number of benzene rings is 1. The second-order valence-electron chi connectivity index (χ2n) is 4.54. The van der Waals surface area contributed by atoms with Crippen LogP contribution in [0.5, 0.6) is 5.75 Å². The Morgan fingerprint density at radius 2 is 2.15 bits per heavy atom. The lowest BCUT2D eigenvalue weighted by Gasteiger charge is -2.44. The van der Waals surface area contributed by atoms with Crippen molar-refractivity contribution in [1.82, 2.24) is 10.1 Å². The van der Waals surface area contributed by atoms with E-state index in [1.54, 1.807) is 0 Å². The molecule has 0 aromatic heterocycles. The van der Waals surface area contributed by atoms with Gasteiger partial charge in [-0.2, -0.15) is 5.11 Å². The second-order valence-corrected chi connectivity index (χ2v) is 4.54. The Morgan fingerprint density at radius 3 is 3.00 bits per heavy atom. The molecule has 106 valence electrons. The van der Waals surface area contributed by atoms with E-state index in [2.05, 4.69) is 17.2 Å². The maximum absolute atomic E-state index is 11.7. The van der Waals surface area contributed by atoms with Crippen LogP contribution >= 0.6 is 0 Å². The van der Waals surface area contributed by atoms with Crippen LogP contribution in [0.3, 0.4) is 0 Å². The molecule has 0 aliphatic carbocycles. The summed E-state index contributed by atoms with van der Waals surface area (Å²) in [6.07, 6.45) is 2.38. The predicted molar refractivity (Wildman–Crippen MR) is 74.4 cm³/mol. The van der Waals surface area contributed by atoms with E-state index in [0.717, 1.165) is 22.9 Å². The SMILES string of the molecule is CCCOc1ccccc1N1CN([O-])C=C2N=NCN21. The summed E-state index contributed by atoms with van der Waals surface area (Å²) >= 11 is 0. The minimum atomic E-state index is 0.195. The Kier molecular flexibility index (Phi) is 3.42. The molecule has 7 heteroatoms. The number of para-hydroxylation sites is 2. The molecule has 0 saturated carbocycles. The van der Waals surface area contributed by atoms with Gasteiger partial charge in [0.25, 0.3) is 0 Å². The van der Waals surface area contributed by atoms with Crippen molar-refractivity contribution in [2.75, 3.05) is 25.0 Å². The first-order chi connectivity index (χ1) is 9.79. The number of hydrazine groups is 1. The molecular weight excluding hydrogens is 258 g/mol. The number of rotatable bonds is 4. The average Bonchev–Trinajstić information content (AvgIpc) is 2.92. The van der Waals surface area contributed by atoms with Crippen molar-refractivity contribution in [3.63, 3.8) is 0 Å². The minimum absolute atomic E-state index is 0.195. The zero-order valence-corrected chi connectivity index (χ0v) is 11.3. The van der Waals surface area contributed by atoms with E-state index >= 15 is 0 Å². The molecule has 1 aromatic rings. The Labute approximate surface area is 117 Å². The van der Waals surface area contributed by atoms with Crippen LogP contribution in [-0.2, 0) is 0 Å². The third-order valence-electron chi connectivity index (χ3n) is 3.06. The molecule has 3 rings (SSSR count). The molecular formula is C13H16N5O2-. The summed E-state index contributed by atoms with van der Waals surface area (Å²) in [5.74, 6) is 1.31. The minimum Gasteiger partial charge on any atom is -0.757 e. The number of hydroxylamine groups is 2. The monoisotopic (exact) mass is 274 g/mol. The summed E-state index contributed by atoms with van der Waals surface area (Å²) in [5.41, 5.74) is 0.847. The molecule has 20 heavy (non-hydrogen) atoms. The number of anilines is 1. The number of hydrogen-bond acceptors (Lipinski definition) is 7. The van der Waals surface area contributed by atoms with Gasteiger partial charge in [-0.25, -0.2) is 5.01 Å². The molecule has 7 nitrogen and oxygen atoms in total. The van der Waals surface area contributed by atoms with Crippen LogP contribution < -0.4 is 9.75 Å². The van der Waals surface area contributed by atoms with Crippen LogP contribution in [0, 0.1) is 5.21 Å². The number of nitrogens with zero attached hydrogens (tertiary/aromatic N) is 5. The lowest BCUT2D eigenvalue weighted by molar-refractivity contribution is 0.258. The van der Waals surface area contributed by atoms with E-state index in [-0.39, 0.29) is 6.67 Å². The molecule has 2 aliphatic heterocycles. The van der Waals surface area contributed by atoms with Crippen molar-refractivity contribution in [3.05, 3.63) is 41.5 Å². The summed E-state index contributed by atoms with van der Waals surface area (Å²) in [6, 6.07) is 7.68. The number of fused-ring (bicyclic) bond motifs is 1. The standard InChI is InChI=1S/C13H16N5O2/c1-2-7-20-12-6-4-3-5-11(12)18-10-16(19)8-13-15-14-9-17(13)18/h3-6,8H,2,7,9-10H2,1H3/q-1. The molecule has 0 amide bonds.